The first-order valence-corrected chi connectivity index (χ1v) is 3.85. The lowest BCUT2D eigenvalue weighted by atomic mass is 10.7. The molecule has 10 heavy (non-hydrogen) atoms. The van der Waals surface area contributed by atoms with Gasteiger partial charge in [0.25, 0.3) is 0 Å². The van der Waals surface area contributed by atoms with E-state index in [-0.39, 0.29) is 0 Å². The van der Waals surface area contributed by atoms with E-state index in [0.717, 1.165) is 10.8 Å². The van der Waals surface area contributed by atoms with Gasteiger partial charge in [-0.2, -0.15) is 0 Å². The molecule has 0 N–H and O–H groups in total. The number of hydrogen-bond donors (Lipinski definition) is 0. The summed E-state index contributed by atoms with van der Waals surface area (Å²) in [5.41, 5.74) is 0. The lowest BCUT2D eigenvalue weighted by Crippen LogP contribution is -1.80. The third-order valence-electron chi connectivity index (χ3n) is 0.859. The van der Waals surface area contributed by atoms with Crippen LogP contribution in [0.25, 0.3) is 0 Å². The molecule has 0 saturated heterocycles. The van der Waals surface area contributed by atoms with E-state index in [1.165, 1.54) is 0 Å². The molecule has 1 rings (SSSR count). The van der Waals surface area contributed by atoms with Gasteiger partial charge in [0.2, 0.25) is 0 Å². The van der Waals surface area contributed by atoms with E-state index in [1.807, 2.05) is 12.1 Å². The third-order valence-corrected chi connectivity index (χ3v) is 1.78. The molecule has 51 valence electrons. The maximum atomic E-state index is 3.90. The number of rotatable bonds is 3. The van der Waals surface area contributed by atoms with Crippen LogP contribution in [-0.4, -0.2) is 15.7 Å². The molecule has 0 aromatic carbocycles. The van der Waals surface area contributed by atoms with Crippen molar-refractivity contribution >= 4 is 11.8 Å². The summed E-state index contributed by atoms with van der Waals surface area (Å²) in [6, 6.07) is 1.85. The van der Waals surface area contributed by atoms with Crippen molar-refractivity contribution in [3.05, 3.63) is 31.2 Å². The quantitative estimate of drug-likeness (QED) is 0.372. The molecule has 0 fully saturated rings. The predicted molar refractivity (Wildman–Crippen MR) is 41.8 cm³/mol. The SMILES string of the molecule is C=CCSc1ccn[c]n1. The van der Waals surface area contributed by atoms with Crippen molar-refractivity contribution < 1.29 is 0 Å². The predicted octanol–water partition coefficient (Wildman–Crippen LogP) is 1.55. The van der Waals surface area contributed by atoms with Crippen LogP contribution in [0.3, 0.4) is 0 Å². The first-order chi connectivity index (χ1) is 4.93. The average molecular weight is 151 g/mol. The van der Waals surface area contributed by atoms with Gasteiger partial charge < -0.3 is 0 Å². The fourth-order valence-electron chi connectivity index (χ4n) is 0.474. The van der Waals surface area contributed by atoms with Gasteiger partial charge in [0.15, 0.2) is 6.33 Å². The van der Waals surface area contributed by atoms with E-state index in [1.54, 1.807) is 18.0 Å². The van der Waals surface area contributed by atoms with E-state index in [9.17, 15) is 0 Å². The Morgan fingerprint density at radius 1 is 1.80 bits per heavy atom. The largest absolute Gasteiger partial charge is 0.234 e. The topological polar surface area (TPSA) is 25.8 Å². The minimum Gasteiger partial charge on any atom is -0.234 e. The summed E-state index contributed by atoms with van der Waals surface area (Å²) in [6.45, 7) is 3.60. The molecule has 1 heterocycles. The van der Waals surface area contributed by atoms with Crippen molar-refractivity contribution in [2.45, 2.75) is 5.03 Å². The molecule has 0 aliphatic rings. The molecule has 0 atom stereocenters. The molecule has 0 amide bonds. The highest BCUT2D eigenvalue weighted by Gasteiger charge is 1.89. The van der Waals surface area contributed by atoms with Crippen LogP contribution in [0.15, 0.2) is 29.9 Å². The van der Waals surface area contributed by atoms with Gasteiger partial charge >= 0.3 is 0 Å². The van der Waals surface area contributed by atoms with Crippen LogP contribution in [0.4, 0.5) is 0 Å². The van der Waals surface area contributed by atoms with E-state index in [4.69, 9.17) is 0 Å². The van der Waals surface area contributed by atoms with Gasteiger partial charge in [-0.15, -0.1) is 18.3 Å². The molecule has 0 unspecified atom stereocenters. The zero-order chi connectivity index (χ0) is 7.23. The molecule has 0 spiro atoms. The molecule has 0 aliphatic carbocycles. The Balaban J connectivity index is 2.50. The Labute approximate surface area is 64.4 Å². The molecule has 1 aromatic heterocycles. The summed E-state index contributed by atoms with van der Waals surface area (Å²) in [7, 11) is 0. The maximum Gasteiger partial charge on any atom is 0.198 e. The molecular weight excluding hydrogens is 144 g/mol. The Morgan fingerprint density at radius 3 is 3.30 bits per heavy atom. The van der Waals surface area contributed by atoms with Gasteiger partial charge in [-0.3, -0.25) is 0 Å². The fourth-order valence-corrected chi connectivity index (χ4v) is 1.03. The van der Waals surface area contributed by atoms with Gasteiger partial charge in [-0.05, 0) is 6.07 Å². The van der Waals surface area contributed by atoms with Crippen molar-refractivity contribution in [1.29, 1.82) is 0 Å². The van der Waals surface area contributed by atoms with Crippen LogP contribution in [0.2, 0.25) is 0 Å². The van der Waals surface area contributed by atoms with Crippen molar-refractivity contribution in [3.63, 3.8) is 0 Å². The highest BCUT2D eigenvalue weighted by atomic mass is 32.2. The van der Waals surface area contributed by atoms with Crippen LogP contribution in [0.5, 0.6) is 0 Å². The second-order valence-electron chi connectivity index (χ2n) is 1.59. The van der Waals surface area contributed by atoms with Gasteiger partial charge in [0, 0.05) is 11.9 Å². The van der Waals surface area contributed by atoms with Crippen LogP contribution < -0.4 is 0 Å². The molecule has 2 nitrogen and oxygen atoms in total. The van der Waals surface area contributed by atoms with Crippen LogP contribution in [0, 0.1) is 6.33 Å². The zero-order valence-corrected chi connectivity index (χ0v) is 6.27. The molecule has 1 aromatic rings. The summed E-state index contributed by atoms with van der Waals surface area (Å²) in [5.74, 6) is 0.880. The van der Waals surface area contributed by atoms with Crippen molar-refractivity contribution in [3.8, 4) is 0 Å². The monoisotopic (exact) mass is 151 g/mol. The normalized spacial score (nSPS) is 9.20. The summed E-state index contributed by atoms with van der Waals surface area (Å²) >= 11 is 1.62. The van der Waals surface area contributed by atoms with E-state index in [2.05, 4.69) is 22.9 Å². The van der Waals surface area contributed by atoms with E-state index >= 15 is 0 Å². The minimum absolute atomic E-state index is 0.880. The molecule has 0 saturated carbocycles. The minimum atomic E-state index is 0.880. The second-order valence-corrected chi connectivity index (χ2v) is 2.63. The molecule has 0 aliphatic heterocycles. The molecular formula is C7H7N2S. The van der Waals surface area contributed by atoms with Crippen molar-refractivity contribution in [1.82, 2.24) is 9.97 Å². The Kier molecular flexibility index (Phi) is 2.96. The number of hydrogen-bond acceptors (Lipinski definition) is 3. The Hall–Kier alpha value is -0.830. The summed E-state index contributed by atoms with van der Waals surface area (Å²) in [4.78, 5) is 7.57. The van der Waals surface area contributed by atoms with Gasteiger partial charge in [0.1, 0.15) is 5.03 Å². The summed E-state index contributed by atoms with van der Waals surface area (Å²) in [5, 5.41) is 0.940. The van der Waals surface area contributed by atoms with Crippen LogP contribution >= 0.6 is 11.8 Å². The van der Waals surface area contributed by atoms with Crippen molar-refractivity contribution in [2.75, 3.05) is 5.75 Å². The first kappa shape index (κ1) is 7.28. The highest BCUT2D eigenvalue weighted by molar-refractivity contribution is 7.99. The smallest absolute Gasteiger partial charge is 0.198 e. The first-order valence-electron chi connectivity index (χ1n) is 2.86. The average Bonchev–Trinajstić information content (AvgIpc) is 2.03. The van der Waals surface area contributed by atoms with E-state index in [0.29, 0.717) is 0 Å². The standard InChI is InChI=1S/C7H7N2S/c1-2-5-10-7-3-4-8-6-9-7/h2-4H,1,5H2. The lowest BCUT2D eigenvalue weighted by molar-refractivity contribution is 1.03. The Morgan fingerprint density at radius 2 is 2.70 bits per heavy atom. The molecule has 0 bridgehead atoms. The molecule has 3 heteroatoms. The highest BCUT2D eigenvalue weighted by Crippen LogP contribution is 2.11. The Bertz CT molecular complexity index is 198. The van der Waals surface area contributed by atoms with Gasteiger partial charge in [-0.1, -0.05) is 6.08 Å². The van der Waals surface area contributed by atoms with Crippen LogP contribution in [0.1, 0.15) is 0 Å². The fraction of sp³-hybridized carbons (Fsp3) is 0.143. The number of nitrogens with zero attached hydrogens (tertiary/aromatic N) is 2. The maximum absolute atomic E-state index is 3.90. The van der Waals surface area contributed by atoms with Gasteiger partial charge in [0.05, 0.1) is 0 Å². The van der Waals surface area contributed by atoms with E-state index < -0.39 is 0 Å². The van der Waals surface area contributed by atoms with Crippen molar-refractivity contribution in [2.24, 2.45) is 0 Å². The summed E-state index contributed by atoms with van der Waals surface area (Å²) in [6.07, 6.45) is 6.03. The molecule has 1 radical (unpaired) electrons. The van der Waals surface area contributed by atoms with Gasteiger partial charge in [-0.25, -0.2) is 9.97 Å². The zero-order valence-electron chi connectivity index (χ0n) is 5.45. The summed E-state index contributed by atoms with van der Waals surface area (Å²) < 4.78 is 0. The second kappa shape index (κ2) is 4.06. The van der Waals surface area contributed by atoms with Crippen LogP contribution in [-0.2, 0) is 0 Å². The lowest BCUT2D eigenvalue weighted by Gasteiger charge is -1.92. The number of aromatic nitrogens is 2. The number of thioether (sulfide) groups is 1. The third kappa shape index (κ3) is 2.19.